The summed E-state index contributed by atoms with van der Waals surface area (Å²) in [4.78, 5) is 11.1. The van der Waals surface area contributed by atoms with Crippen LogP contribution in [0.4, 0.5) is 0 Å². The number of ether oxygens (including phenoxy) is 1. The van der Waals surface area contributed by atoms with Crippen molar-refractivity contribution in [1.82, 2.24) is 10.6 Å². The van der Waals surface area contributed by atoms with E-state index in [9.17, 15) is 4.79 Å². The molecule has 2 N–H and O–H groups in total. The van der Waals surface area contributed by atoms with E-state index in [4.69, 9.17) is 4.74 Å². The summed E-state index contributed by atoms with van der Waals surface area (Å²) in [5.41, 5.74) is 2.69. The topological polar surface area (TPSA) is 50.4 Å². The quantitative estimate of drug-likeness (QED) is 0.778. The maximum absolute atomic E-state index is 11.1. The number of hydrogen-bond donors (Lipinski definition) is 2. The van der Waals surface area contributed by atoms with Crippen LogP contribution in [0.5, 0.6) is 5.75 Å². The second kappa shape index (κ2) is 5.61. The zero-order valence-corrected chi connectivity index (χ0v) is 11.1. The molecule has 0 radical (unpaired) electrons. The zero-order valence-electron chi connectivity index (χ0n) is 11.1. The molecule has 1 fully saturated rings. The summed E-state index contributed by atoms with van der Waals surface area (Å²) in [5, 5.41) is 6.39. The minimum Gasteiger partial charge on any atom is -0.493 e. The Hall–Kier alpha value is -1.55. The van der Waals surface area contributed by atoms with E-state index in [-0.39, 0.29) is 5.91 Å². The van der Waals surface area contributed by atoms with Gasteiger partial charge in [0.1, 0.15) is 5.75 Å². The average molecular weight is 260 g/mol. The highest BCUT2D eigenvalue weighted by molar-refractivity contribution is 5.78. The van der Waals surface area contributed by atoms with Gasteiger partial charge < -0.3 is 15.4 Å². The molecular weight excluding hydrogens is 240 g/mol. The number of hydrogen-bond acceptors (Lipinski definition) is 3. The molecule has 0 bridgehead atoms. The van der Waals surface area contributed by atoms with Gasteiger partial charge in [-0.15, -0.1) is 0 Å². The predicted molar refractivity (Wildman–Crippen MR) is 73.4 cm³/mol. The number of rotatable bonds is 5. The molecular formula is C15H20N2O2. The van der Waals surface area contributed by atoms with Crippen LogP contribution in [-0.2, 0) is 17.6 Å². The fourth-order valence-electron chi connectivity index (χ4n) is 2.73. The molecule has 0 aromatic heterocycles. The molecule has 102 valence electrons. The number of benzene rings is 1. The lowest BCUT2D eigenvalue weighted by atomic mass is 10.1. The number of nitrogens with one attached hydrogen (secondary N) is 2. The van der Waals surface area contributed by atoms with Gasteiger partial charge in [-0.2, -0.15) is 0 Å². The van der Waals surface area contributed by atoms with E-state index in [2.05, 4.69) is 28.8 Å². The Morgan fingerprint density at radius 1 is 1.37 bits per heavy atom. The van der Waals surface area contributed by atoms with Gasteiger partial charge in [-0.05, 0) is 36.6 Å². The van der Waals surface area contributed by atoms with Gasteiger partial charge in [0.2, 0.25) is 5.91 Å². The number of fused-ring (bicyclic) bond motifs is 1. The van der Waals surface area contributed by atoms with Crippen LogP contribution < -0.4 is 15.4 Å². The standard InChI is InChI=1S/C15H20N2O2/c18-15-4-2-13(17-15)10-16-7-5-11-1-3-14-12(9-11)6-8-19-14/h1,3,9,13,16H,2,4-8,10H2,(H,17,18). The summed E-state index contributed by atoms with van der Waals surface area (Å²) in [7, 11) is 0. The first-order chi connectivity index (χ1) is 9.31. The molecule has 3 rings (SSSR count). The van der Waals surface area contributed by atoms with E-state index in [0.29, 0.717) is 12.5 Å². The summed E-state index contributed by atoms with van der Waals surface area (Å²) < 4.78 is 5.50. The molecule has 1 amide bonds. The summed E-state index contributed by atoms with van der Waals surface area (Å²) in [6.07, 6.45) is 3.69. The molecule has 0 aliphatic carbocycles. The van der Waals surface area contributed by atoms with Crippen molar-refractivity contribution in [3.05, 3.63) is 29.3 Å². The molecule has 1 aromatic carbocycles. The van der Waals surface area contributed by atoms with Gasteiger partial charge in [0.05, 0.1) is 6.61 Å². The van der Waals surface area contributed by atoms with Crippen LogP contribution >= 0.6 is 0 Å². The predicted octanol–water partition coefficient (Wildman–Crippen LogP) is 1.03. The van der Waals surface area contributed by atoms with Gasteiger partial charge in [-0.3, -0.25) is 4.79 Å². The molecule has 19 heavy (non-hydrogen) atoms. The van der Waals surface area contributed by atoms with Crippen LogP contribution in [0.1, 0.15) is 24.0 Å². The third-order valence-electron chi connectivity index (χ3n) is 3.82. The molecule has 1 aromatic rings. The van der Waals surface area contributed by atoms with Crippen LogP contribution in [0.2, 0.25) is 0 Å². The molecule has 0 spiro atoms. The van der Waals surface area contributed by atoms with Crippen LogP contribution in [0.25, 0.3) is 0 Å². The zero-order chi connectivity index (χ0) is 13.1. The van der Waals surface area contributed by atoms with Crippen LogP contribution in [-0.4, -0.2) is 31.6 Å². The summed E-state index contributed by atoms with van der Waals surface area (Å²) in [6, 6.07) is 6.79. The third kappa shape index (κ3) is 3.07. The average Bonchev–Trinajstić information content (AvgIpc) is 3.03. The van der Waals surface area contributed by atoms with Crippen molar-refractivity contribution in [3.8, 4) is 5.75 Å². The Morgan fingerprint density at radius 3 is 3.16 bits per heavy atom. The van der Waals surface area contributed by atoms with Gasteiger partial charge in [-0.25, -0.2) is 0 Å². The molecule has 0 saturated carbocycles. The molecule has 1 saturated heterocycles. The van der Waals surface area contributed by atoms with Crippen molar-refractivity contribution in [2.75, 3.05) is 19.7 Å². The number of carbonyl (C=O) groups is 1. The molecule has 1 unspecified atom stereocenters. The highest BCUT2D eigenvalue weighted by atomic mass is 16.5. The van der Waals surface area contributed by atoms with E-state index in [0.717, 1.165) is 44.7 Å². The number of carbonyl (C=O) groups excluding carboxylic acids is 1. The summed E-state index contributed by atoms with van der Waals surface area (Å²) in [5.74, 6) is 1.23. The Labute approximate surface area is 113 Å². The van der Waals surface area contributed by atoms with Gasteiger partial charge in [0, 0.05) is 25.4 Å². The second-order valence-electron chi connectivity index (χ2n) is 5.30. The van der Waals surface area contributed by atoms with E-state index < -0.39 is 0 Å². The van der Waals surface area contributed by atoms with Crippen molar-refractivity contribution in [3.63, 3.8) is 0 Å². The Morgan fingerprint density at radius 2 is 2.32 bits per heavy atom. The monoisotopic (exact) mass is 260 g/mol. The van der Waals surface area contributed by atoms with Gasteiger partial charge in [0.15, 0.2) is 0 Å². The summed E-state index contributed by atoms with van der Waals surface area (Å²) in [6.45, 7) is 2.64. The van der Waals surface area contributed by atoms with Gasteiger partial charge >= 0.3 is 0 Å². The van der Waals surface area contributed by atoms with E-state index in [1.54, 1.807) is 0 Å². The largest absolute Gasteiger partial charge is 0.493 e. The van der Waals surface area contributed by atoms with Crippen LogP contribution in [0.3, 0.4) is 0 Å². The van der Waals surface area contributed by atoms with Gasteiger partial charge in [0.25, 0.3) is 0 Å². The van der Waals surface area contributed by atoms with Crippen LogP contribution in [0.15, 0.2) is 18.2 Å². The smallest absolute Gasteiger partial charge is 0.220 e. The van der Waals surface area contributed by atoms with E-state index >= 15 is 0 Å². The molecule has 1 atom stereocenters. The minimum atomic E-state index is 0.186. The molecule has 2 aliphatic heterocycles. The maximum Gasteiger partial charge on any atom is 0.220 e. The molecule has 4 heteroatoms. The molecule has 2 heterocycles. The Bertz CT molecular complexity index is 473. The first-order valence-corrected chi connectivity index (χ1v) is 7.06. The Kier molecular flexibility index (Phi) is 3.69. The van der Waals surface area contributed by atoms with Crippen molar-refractivity contribution >= 4 is 5.91 Å². The first kappa shape index (κ1) is 12.5. The van der Waals surface area contributed by atoms with Crippen molar-refractivity contribution in [1.29, 1.82) is 0 Å². The highest BCUT2D eigenvalue weighted by Gasteiger charge is 2.19. The first-order valence-electron chi connectivity index (χ1n) is 7.06. The Balaban J connectivity index is 1.41. The third-order valence-corrected chi connectivity index (χ3v) is 3.82. The maximum atomic E-state index is 11.1. The van der Waals surface area contributed by atoms with Crippen LogP contribution in [0, 0.1) is 0 Å². The lowest BCUT2D eigenvalue weighted by Gasteiger charge is -2.11. The summed E-state index contributed by atoms with van der Waals surface area (Å²) >= 11 is 0. The molecule has 2 aliphatic rings. The lowest BCUT2D eigenvalue weighted by Crippen LogP contribution is -2.36. The lowest BCUT2D eigenvalue weighted by molar-refractivity contribution is -0.119. The fourth-order valence-corrected chi connectivity index (χ4v) is 2.73. The van der Waals surface area contributed by atoms with Crippen molar-refractivity contribution in [2.45, 2.75) is 31.7 Å². The highest BCUT2D eigenvalue weighted by Crippen LogP contribution is 2.25. The fraction of sp³-hybridized carbons (Fsp3) is 0.533. The van der Waals surface area contributed by atoms with Gasteiger partial charge in [-0.1, -0.05) is 12.1 Å². The molecule has 4 nitrogen and oxygen atoms in total. The minimum absolute atomic E-state index is 0.186. The second-order valence-corrected chi connectivity index (χ2v) is 5.30. The van der Waals surface area contributed by atoms with E-state index in [1.165, 1.54) is 11.1 Å². The normalized spacial score (nSPS) is 21.1. The number of amides is 1. The van der Waals surface area contributed by atoms with E-state index in [1.807, 2.05) is 0 Å². The van der Waals surface area contributed by atoms with Crippen molar-refractivity contribution < 1.29 is 9.53 Å². The van der Waals surface area contributed by atoms with Crippen molar-refractivity contribution in [2.24, 2.45) is 0 Å². The SMILES string of the molecule is O=C1CCC(CNCCc2ccc3c(c2)CCO3)N1.